The normalized spacial score (nSPS) is 18.0. The fraction of sp³-hybridized carbons (Fsp3) is 0.316. The number of rotatable bonds is 5. The highest BCUT2D eigenvalue weighted by Gasteiger charge is 2.40. The number of methoxy groups -OCH3 is 1. The minimum Gasteiger partial charge on any atom is -0.468 e. The molecule has 0 saturated carbocycles. The molecule has 0 aliphatic carbocycles. The first-order valence-corrected chi connectivity index (χ1v) is 12.4. The molecular formula is C19H18FN3O5S3. The van der Waals surface area contributed by atoms with E-state index in [0.29, 0.717) is 23.1 Å². The average molecular weight is 484 g/mol. The monoisotopic (exact) mass is 483 g/mol. The van der Waals surface area contributed by atoms with Gasteiger partial charge >= 0.3 is 5.97 Å². The molecule has 1 unspecified atom stereocenters. The second-order valence-corrected chi connectivity index (χ2v) is 10.9. The summed E-state index contributed by atoms with van der Waals surface area (Å²) in [5, 5.41) is 1.66. The Bertz CT molecular complexity index is 1310. The van der Waals surface area contributed by atoms with Gasteiger partial charge in [0.05, 0.1) is 17.3 Å². The number of carbonyl (C=O) groups is 2. The second kappa shape index (κ2) is 8.61. The maximum Gasteiger partial charge on any atom is 0.325 e. The molecule has 1 fully saturated rings. The van der Waals surface area contributed by atoms with Gasteiger partial charge < -0.3 is 9.30 Å². The third-order valence-electron chi connectivity index (χ3n) is 4.91. The molecule has 12 heteroatoms. The van der Waals surface area contributed by atoms with Crippen molar-refractivity contribution < 1.29 is 27.1 Å². The first-order valence-electron chi connectivity index (χ1n) is 9.31. The standard InChI is InChI=1S/C19H18FN3O5S3/c1-28-16(24)11-22-13-7-6-12(20)10-15(13)30-19(22)21-18(25)14-4-2-8-23(14)31(26,27)17-5-3-9-29-17/h3,5-7,9-10,14H,2,4,8,11H2,1H3. The molecule has 1 atom stereocenters. The summed E-state index contributed by atoms with van der Waals surface area (Å²) < 4.78 is 47.6. The van der Waals surface area contributed by atoms with Crippen LogP contribution in [-0.4, -0.2) is 48.9 Å². The van der Waals surface area contributed by atoms with Crippen LogP contribution in [0.2, 0.25) is 0 Å². The number of halogens is 1. The number of amides is 1. The molecule has 0 N–H and O–H groups in total. The van der Waals surface area contributed by atoms with Crippen molar-refractivity contribution in [3.63, 3.8) is 0 Å². The van der Waals surface area contributed by atoms with Crippen molar-refractivity contribution in [1.82, 2.24) is 8.87 Å². The van der Waals surface area contributed by atoms with E-state index in [1.165, 1.54) is 40.2 Å². The number of sulfonamides is 1. The fourth-order valence-corrected chi connectivity index (χ4v) is 7.28. The number of aromatic nitrogens is 1. The summed E-state index contributed by atoms with van der Waals surface area (Å²) in [6, 6.07) is 6.25. The lowest BCUT2D eigenvalue weighted by Crippen LogP contribution is -2.40. The van der Waals surface area contributed by atoms with E-state index < -0.39 is 33.8 Å². The van der Waals surface area contributed by atoms with Crippen LogP contribution in [0.5, 0.6) is 0 Å². The van der Waals surface area contributed by atoms with E-state index in [4.69, 9.17) is 4.74 Å². The zero-order chi connectivity index (χ0) is 22.2. The van der Waals surface area contributed by atoms with Gasteiger partial charge in [-0.05, 0) is 42.5 Å². The van der Waals surface area contributed by atoms with E-state index in [-0.39, 0.29) is 22.1 Å². The molecular weight excluding hydrogens is 465 g/mol. The summed E-state index contributed by atoms with van der Waals surface area (Å²) >= 11 is 2.14. The Balaban J connectivity index is 1.74. The Morgan fingerprint density at radius 3 is 2.84 bits per heavy atom. The number of hydrogen-bond acceptors (Lipinski definition) is 7. The van der Waals surface area contributed by atoms with Crippen molar-refractivity contribution in [2.45, 2.75) is 29.6 Å². The molecule has 8 nitrogen and oxygen atoms in total. The largest absolute Gasteiger partial charge is 0.468 e. The Labute approximate surface area is 185 Å². The molecule has 0 radical (unpaired) electrons. The van der Waals surface area contributed by atoms with Crippen LogP contribution in [-0.2, 0) is 30.9 Å². The van der Waals surface area contributed by atoms with Gasteiger partial charge in [0.25, 0.3) is 15.9 Å². The SMILES string of the molecule is COC(=O)Cn1c(=NC(=O)C2CCCN2S(=O)(=O)c2cccs2)sc2cc(F)ccc21. The van der Waals surface area contributed by atoms with Crippen molar-refractivity contribution in [2.75, 3.05) is 13.7 Å². The summed E-state index contributed by atoms with van der Waals surface area (Å²) in [6.45, 7) is 0.0159. The lowest BCUT2D eigenvalue weighted by Gasteiger charge is -2.20. The zero-order valence-electron chi connectivity index (χ0n) is 16.4. The Morgan fingerprint density at radius 2 is 2.13 bits per heavy atom. The molecule has 1 aliphatic rings. The molecule has 164 valence electrons. The summed E-state index contributed by atoms with van der Waals surface area (Å²) in [4.78, 5) is 29.2. The molecule has 31 heavy (non-hydrogen) atoms. The lowest BCUT2D eigenvalue weighted by molar-refractivity contribution is -0.141. The van der Waals surface area contributed by atoms with E-state index in [0.717, 1.165) is 22.7 Å². The predicted molar refractivity (Wildman–Crippen MR) is 114 cm³/mol. The highest BCUT2D eigenvalue weighted by atomic mass is 32.2. The van der Waals surface area contributed by atoms with Crippen LogP contribution in [0.25, 0.3) is 10.2 Å². The second-order valence-electron chi connectivity index (χ2n) is 6.81. The highest BCUT2D eigenvalue weighted by Crippen LogP contribution is 2.29. The minimum atomic E-state index is -3.80. The van der Waals surface area contributed by atoms with Gasteiger partial charge in [0.15, 0.2) is 4.80 Å². The number of esters is 1. The average Bonchev–Trinajstić information content (AvgIpc) is 3.48. The minimum absolute atomic E-state index is 0.172. The fourth-order valence-electron chi connectivity index (χ4n) is 3.45. The smallest absolute Gasteiger partial charge is 0.325 e. The van der Waals surface area contributed by atoms with Crippen LogP contribution in [0, 0.1) is 5.82 Å². The van der Waals surface area contributed by atoms with Gasteiger partial charge in [0, 0.05) is 6.54 Å². The molecule has 1 amide bonds. The number of fused-ring (bicyclic) bond motifs is 1. The number of thiazole rings is 1. The first-order chi connectivity index (χ1) is 14.8. The van der Waals surface area contributed by atoms with Gasteiger partial charge in [-0.1, -0.05) is 17.4 Å². The molecule has 3 aromatic rings. The number of thiophene rings is 1. The van der Waals surface area contributed by atoms with Crippen LogP contribution < -0.4 is 4.80 Å². The van der Waals surface area contributed by atoms with E-state index in [1.54, 1.807) is 11.4 Å². The number of nitrogens with zero attached hydrogens (tertiary/aromatic N) is 3. The van der Waals surface area contributed by atoms with Crippen molar-refractivity contribution in [3.8, 4) is 0 Å². The number of carbonyl (C=O) groups excluding carboxylic acids is 2. The van der Waals surface area contributed by atoms with Crippen LogP contribution in [0.3, 0.4) is 0 Å². The van der Waals surface area contributed by atoms with Crippen LogP contribution >= 0.6 is 22.7 Å². The van der Waals surface area contributed by atoms with Crippen molar-refractivity contribution >= 4 is 54.8 Å². The van der Waals surface area contributed by atoms with Crippen molar-refractivity contribution in [3.05, 3.63) is 46.3 Å². The van der Waals surface area contributed by atoms with Crippen molar-refractivity contribution in [1.29, 1.82) is 0 Å². The van der Waals surface area contributed by atoms with Gasteiger partial charge in [0.1, 0.15) is 22.6 Å². The Kier molecular flexibility index (Phi) is 6.06. The number of hydrogen-bond donors (Lipinski definition) is 0. The first kappa shape index (κ1) is 21.8. The van der Waals surface area contributed by atoms with Crippen LogP contribution in [0.15, 0.2) is 44.9 Å². The van der Waals surface area contributed by atoms with Crippen LogP contribution in [0.1, 0.15) is 12.8 Å². The quantitative estimate of drug-likeness (QED) is 0.519. The van der Waals surface area contributed by atoms with Crippen molar-refractivity contribution in [2.24, 2.45) is 4.99 Å². The van der Waals surface area contributed by atoms with E-state index in [9.17, 15) is 22.4 Å². The molecule has 1 saturated heterocycles. The molecule has 4 rings (SSSR count). The molecule has 3 heterocycles. The molecule has 1 aromatic carbocycles. The Morgan fingerprint density at radius 1 is 1.32 bits per heavy atom. The van der Waals surface area contributed by atoms with Gasteiger partial charge in [-0.3, -0.25) is 9.59 Å². The molecule has 2 aromatic heterocycles. The summed E-state index contributed by atoms with van der Waals surface area (Å²) in [6.07, 6.45) is 0.889. The molecule has 1 aliphatic heterocycles. The van der Waals surface area contributed by atoms with Gasteiger partial charge in [-0.2, -0.15) is 9.30 Å². The number of benzene rings is 1. The van der Waals surface area contributed by atoms with E-state index in [1.807, 2.05) is 0 Å². The topological polar surface area (TPSA) is 98.0 Å². The maximum atomic E-state index is 13.7. The van der Waals surface area contributed by atoms with Gasteiger partial charge in [0.2, 0.25) is 0 Å². The number of ether oxygens (including phenoxy) is 1. The predicted octanol–water partition coefficient (Wildman–Crippen LogP) is 2.36. The summed E-state index contributed by atoms with van der Waals surface area (Å²) in [5.74, 6) is -1.63. The lowest BCUT2D eigenvalue weighted by atomic mass is 10.2. The summed E-state index contributed by atoms with van der Waals surface area (Å²) in [7, 11) is -2.56. The van der Waals surface area contributed by atoms with Crippen LogP contribution in [0.4, 0.5) is 4.39 Å². The third-order valence-corrected chi connectivity index (χ3v) is 9.23. The molecule has 0 bridgehead atoms. The zero-order valence-corrected chi connectivity index (χ0v) is 18.8. The van der Waals surface area contributed by atoms with E-state index >= 15 is 0 Å². The summed E-state index contributed by atoms with van der Waals surface area (Å²) in [5.41, 5.74) is 0.526. The third kappa shape index (κ3) is 4.20. The Hall–Kier alpha value is -2.41. The van der Waals surface area contributed by atoms with E-state index in [2.05, 4.69) is 4.99 Å². The van der Waals surface area contributed by atoms with Gasteiger partial charge in [-0.15, -0.1) is 11.3 Å². The maximum absolute atomic E-state index is 13.7. The molecule has 0 spiro atoms. The highest BCUT2D eigenvalue weighted by molar-refractivity contribution is 7.91. The van der Waals surface area contributed by atoms with Gasteiger partial charge in [-0.25, -0.2) is 12.8 Å².